The molecule has 0 aliphatic heterocycles. The van der Waals surface area contributed by atoms with Crippen LogP contribution in [0.1, 0.15) is 19.3 Å². The van der Waals surface area contributed by atoms with E-state index in [1.54, 1.807) is 0 Å². The largest absolute Gasteiger partial charge is 0.472 e. The van der Waals surface area contributed by atoms with E-state index in [4.69, 9.17) is 4.74 Å². The number of rotatable bonds is 3. The Hall–Kier alpha value is -1.39. The molecule has 1 N–H and O–H groups in total. The molecule has 1 aliphatic rings. The van der Waals surface area contributed by atoms with Crippen LogP contribution in [-0.4, -0.2) is 18.1 Å². The number of hydrogen-bond acceptors (Lipinski definition) is 3. The SMILES string of the molecule is CNc1nc(OC2CCC2)c(F)cc1F. The van der Waals surface area contributed by atoms with Crippen molar-refractivity contribution >= 4 is 5.82 Å². The third-order valence-electron chi connectivity index (χ3n) is 2.46. The van der Waals surface area contributed by atoms with Gasteiger partial charge in [-0.2, -0.15) is 4.98 Å². The molecule has 1 fully saturated rings. The summed E-state index contributed by atoms with van der Waals surface area (Å²) < 4.78 is 31.6. The Balaban J connectivity index is 2.21. The Morgan fingerprint density at radius 3 is 2.67 bits per heavy atom. The van der Waals surface area contributed by atoms with Gasteiger partial charge in [0.25, 0.3) is 5.88 Å². The topological polar surface area (TPSA) is 34.2 Å². The van der Waals surface area contributed by atoms with Crippen LogP contribution in [0.5, 0.6) is 5.88 Å². The Bertz CT molecular complexity index is 367. The molecule has 1 aromatic rings. The molecule has 1 saturated carbocycles. The quantitative estimate of drug-likeness (QED) is 0.838. The molecule has 0 atom stereocenters. The zero-order valence-electron chi connectivity index (χ0n) is 8.39. The lowest BCUT2D eigenvalue weighted by Crippen LogP contribution is -2.25. The van der Waals surface area contributed by atoms with E-state index in [0.29, 0.717) is 0 Å². The van der Waals surface area contributed by atoms with E-state index in [1.165, 1.54) is 7.05 Å². The second-order valence-electron chi connectivity index (χ2n) is 3.53. The van der Waals surface area contributed by atoms with Crippen molar-refractivity contribution in [1.29, 1.82) is 0 Å². The van der Waals surface area contributed by atoms with Crippen LogP contribution in [0.15, 0.2) is 6.07 Å². The molecule has 1 heterocycles. The maximum Gasteiger partial charge on any atom is 0.252 e. The molecule has 0 bridgehead atoms. The van der Waals surface area contributed by atoms with Gasteiger partial charge in [-0.15, -0.1) is 0 Å². The molecule has 0 radical (unpaired) electrons. The van der Waals surface area contributed by atoms with Gasteiger partial charge in [-0.05, 0) is 19.3 Å². The van der Waals surface area contributed by atoms with Gasteiger partial charge in [0.15, 0.2) is 17.5 Å². The standard InChI is InChI=1S/C10H12F2N2O/c1-13-9-7(11)5-8(12)10(14-9)15-6-3-2-4-6/h5-6H,2-4H2,1H3,(H,13,14). The third-order valence-corrected chi connectivity index (χ3v) is 2.46. The normalized spacial score (nSPS) is 15.9. The van der Waals surface area contributed by atoms with E-state index >= 15 is 0 Å². The summed E-state index contributed by atoms with van der Waals surface area (Å²) in [5, 5.41) is 2.54. The highest BCUT2D eigenvalue weighted by atomic mass is 19.1. The second kappa shape index (κ2) is 4.00. The molecule has 3 nitrogen and oxygen atoms in total. The number of ether oxygens (including phenoxy) is 1. The molecule has 1 aliphatic carbocycles. The van der Waals surface area contributed by atoms with Crippen LogP contribution in [0.2, 0.25) is 0 Å². The van der Waals surface area contributed by atoms with Crippen LogP contribution in [0.25, 0.3) is 0 Å². The molecule has 5 heteroatoms. The van der Waals surface area contributed by atoms with Crippen molar-refractivity contribution in [3.63, 3.8) is 0 Å². The number of nitrogens with zero attached hydrogens (tertiary/aromatic N) is 1. The summed E-state index contributed by atoms with van der Waals surface area (Å²) in [6.07, 6.45) is 2.94. The zero-order valence-corrected chi connectivity index (χ0v) is 8.39. The smallest absolute Gasteiger partial charge is 0.252 e. The molecule has 0 spiro atoms. The van der Waals surface area contributed by atoms with Crippen molar-refractivity contribution in [2.24, 2.45) is 0 Å². The molecule has 0 unspecified atom stereocenters. The molecule has 2 rings (SSSR count). The number of pyridine rings is 1. The van der Waals surface area contributed by atoms with Gasteiger partial charge in [-0.25, -0.2) is 8.78 Å². The number of halogens is 2. The highest BCUT2D eigenvalue weighted by molar-refractivity contribution is 5.39. The summed E-state index contributed by atoms with van der Waals surface area (Å²) in [4.78, 5) is 3.73. The summed E-state index contributed by atoms with van der Waals surface area (Å²) in [5.41, 5.74) is 0. The summed E-state index contributed by atoms with van der Waals surface area (Å²) in [5.74, 6) is -1.58. The van der Waals surface area contributed by atoms with Gasteiger partial charge < -0.3 is 10.1 Å². The van der Waals surface area contributed by atoms with Crippen molar-refractivity contribution in [1.82, 2.24) is 4.98 Å². The Kier molecular flexibility index (Phi) is 2.70. The van der Waals surface area contributed by atoms with Crippen molar-refractivity contribution in [2.75, 3.05) is 12.4 Å². The Morgan fingerprint density at radius 2 is 2.13 bits per heavy atom. The number of aromatic nitrogens is 1. The lowest BCUT2D eigenvalue weighted by atomic mass is 9.96. The van der Waals surface area contributed by atoms with Crippen molar-refractivity contribution in [2.45, 2.75) is 25.4 Å². The molecule has 0 saturated heterocycles. The fourth-order valence-corrected chi connectivity index (χ4v) is 1.35. The predicted octanol–water partition coefficient (Wildman–Crippen LogP) is 2.33. The first-order chi connectivity index (χ1) is 7.20. The maximum absolute atomic E-state index is 13.2. The lowest BCUT2D eigenvalue weighted by molar-refractivity contribution is 0.109. The van der Waals surface area contributed by atoms with Crippen LogP contribution in [0.4, 0.5) is 14.6 Å². The molecule has 15 heavy (non-hydrogen) atoms. The molecular weight excluding hydrogens is 202 g/mol. The number of hydrogen-bond donors (Lipinski definition) is 1. The van der Waals surface area contributed by atoms with E-state index in [-0.39, 0.29) is 17.8 Å². The fraction of sp³-hybridized carbons (Fsp3) is 0.500. The molecule has 82 valence electrons. The summed E-state index contributed by atoms with van der Waals surface area (Å²) in [7, 11) is 1.52. The average molecular weight is 214 g/mol. The zero-order chi connectivity index (χ0) is 10.8. The van der Waals surface area contributed by atoms with Crippen LogP contribution in [0, 0.1) is 11.6 Å². The van der Waals surface area contributed by atoms with Gasteiger partial charge in [0, 0.05) is 13.1 Å². The number of nitrogens with one attached hydrogen (secondary N) is 1. The first kappa shape index (κ1) is 10.1. The first-order valence-electron chi connectivity index (χ1n) is 4.91. The lowest BCUT2D eigenvalue weighted by Gasteiger charge is -2.25. The van der Waals surface area contributed by atoms with Crippen LogP contribution in [0.3, 0.4) is 0 Å². The van der Waals surface area contributed by atoms with Crippen LogP contribution in [-0.2, 0) is 0 Å². The van der Waals surface area contributed by atoms with Crippen LogP contribution >= 0.6 is 0 Å². The van der Waals surface area contributed by atoms with Gasteiger partial charge in [0.05, 0.1) is 0 Å². The first-order valence-corrected chi connectivity index (χ1v) is 4.91. The molecule has 0 amide bonds. The average Bonchev–Trinajstić information content (AvgIpc) is 2.14. The van der Waals surface area contributed by atoms with E-state index < -0.39 is 11.6 Å². The Morgan fingerprint density at radius 1 is 1.40 bits per heavy atom. The van der Waals surface area contributed by atoms with Crippen LogP contribution < -0.4 is 10.1 Å². The van der Waals surface area contributed by atoms with E-state index in [9.17, 15) is 8.78 Å². The van der Waals surface area contributed by atoms with Crippen molar-refractivity contribution in [3.05, 3.63) is 17.7 Å². The third kappa shape index (κ3) is 2.00. The highest BCUT2D eigenvalue weighted by Gasteiger charge is 2.22. The van der Waals surface area contributed by atoms with E-state index in [0.717, 1.165) is 25.3 Å². The van der Waals surface area contributed by atoms with E-state index in [2.05, 4.69) is 10.3 Å². The highest BCUT2D eigenvalue weighted by Crippen LogP contribution is 2.27. The van der Waals surface area contributed by atoms with E-state index in [1.807, 2.05) is 0 Å². The van der Waals surface area contributed by atoms with Crippen molar-refractivity contribution < 1.29 is 13.5 Å². The molecule has 0 aromatic carbocycles. The maximum atomic E-state index is 13.2. The Labute approximate surface area is 86.5 Å². The minimum atomic E-state index is -0.751. The number of anilines is 1. The minimum Gasteiger partial charge on any atom is -0.472 e. The predicted molar refractivity (Wildman–Crippen MR) is 52.0 cm³/mol. The molecule has 1 aromatic heterocycles. The van der Waals surface area contributed by atoms with Gasteiger partial charge in [0.2, 0.25) is 0 Å². The molecular formula is C10H12F2N2O. The fourth-order valence-electron chi connectivity index (χ4n) is 1.35. The van der Waals surface area contributed by atoms with Gasteiger partial charge in [-0.3, -0.25) is 0 Å². The van der Waals surface area contributed by atoms with Gasteiger partial charge >= 0.3 is 0 Å². The second-order valence-corrected chi connectivity index (χ2v) is 3.53. The summed E-state index contributed by atoms with van der Waals surface area (Å²) in [6, 6.07) is 0.785. The van der Waals surface area contributed by atoms with Gasteiger partial charge in [-0.1, -0.05) is 0 Å². The monoisotopic (exact) mass is 214 g/mol. The van der Waals surface area contributed by atoms with Crippen molar-refractivity contribution in [3.8, 4) is 5.88 Å². The minimum absolute atomic E-state index is 0.00530. The summed E-state index contributed by atoms with van der Waals surface area (Å²) in [6.45, 7) is 0. The van der Waals surface area contributed by atoms with Gasteiger partial charge in [0.1, 0.15) is 6.10 Å². The summed E-state index contributed by atoms with van der Waals surface area (Å²) >= 11 is 0.